The van der Waals surface area contributed by atoms with Crippen LogP contribution in [0.15, 0.2) is 32.7 Å². The number of benzene rings is 1. The molecule has 0 atom stereocenters. The second-order valence-corrected chi connectivity index (χ2v) is 7.49. The molecule has 0 aromatic heterocycles. The summed E-state index contributed by atoms with van der Waals surface area (Å²) in [6.07, 6.45) is 0.186. The van der Waals surface area contributed by atoms with Gasteiger partial charge in [-0.15, -0.1) is 0 Å². The van der Waals surface area contributed by atoms with E-state index >= 15 is 0 Å². The molecule has 24 heavy (non-hydrogen) atoms. The molecule has 1 aliphatic heterocycles. The fraction of sp³-hybridized carbons (Fsp3) is 0.357. The Labute approximate surface area is 148 Å². The average Bonchev–Trinajstić information content (AvgIpc) is 2.51. The number of sulfonamides is 1. The first-order chi connectivity index (χ1) is 11.2. The van der Waals surface area contributed by atoms with Crippen LogP contribution >= 0.6 is 15.9 Å². The van der Waals surface area contributed by atoms with Crippen molar-refractivity contribution in [3.05, 3.63) is 22.7 Å². The van der Waals surface area contributed by atoms with E-state index in [0.717, 1.165) is 5.01 Å². The minimum atomic E-state index is -4.15. The fourth-order valence-electron chi connectivity index (χ4n) is 2.04. The molecule has 1 N–H and O–H groups in total. The number of hydrogen-bond acceptors (Lipinski definition) is 6. The summed E-state index contributed by atoms with van der Waals surface area (Å²) in [5.74, 6) is -0.962. The number of ether oxygens (including phenoxy) is 1. The highest BCUT2D eigenvalue weighted by molar-refractivity contribution is 9.10. The van der Waals surface area contributed by atoms with Crippen LogP contribution in [0.5, 0.6) is 5.75 Å². The van der Waals surface area contributed by atoms with Crippen molar-refractivity contribution in [2.45, 2.75) is 24.7 Å². The molecule has 10 heteroatoms. The molecule has 2 amide bonds. The lowest BCUT2D eigenvalue weighted by atomic mass is 10.1. The molecule has 0 fully saturated rings. The van der Waals surface area contributed by atoms with Crippen LogP contribution < -0.4 is 9.46 Å². The monoisotopic (exact) mass is 417 g/mol. The van der Waals surface area contributed by atoms with E-state index in [-0.39, 0.29) is 41.7 Å². The third-order valence-corrected chi connectivity index (χ3v) is 5.04. The number of nitrogens with zero attached hydrogens (tertiary/aromatic N) is 2. The van der Waals surface area contributed by atoms with Crippen LogP contribution in [0.3, 0.4) is 0 Å². The van der Waals surface area contributed by atoms with Crippen LogP contribution in [0, 0.1) is 0 Å². The molecule has 2 rings (SSSR count). The Hall–Kier alpha value is -1.94. The zero-order chi connectivity index (χ0) is 17.9. The van der Waals surface area contributed by atoms with Gasteiger partial charge in [-0.25, -0.2) is 18.1 Å². The Kier molecular flexibility index (Phi) is 5.60. The van der Waals surface area contributed by atoms with Gasteiger partial charge in [0.25, 0.3) is 15.9 Å². The number of hydrogen-bond donors (Lipinski definition) is 1. The summed E-state index contributed by atoms with van der Waals surface area (Å²) < 4.78 is 32.8. The fourth-order valence-corrected chi connectivity index (χ4v) is 3.69. The first-order valence-corrected chi connectivity index (χ1v) is 9.35. The predicted octanol–water partition coefficient (Wildman–Crippen LogP) is 1.26. The Morgan fingerprint density at radius 3 is 2.75 bits per heavy atom. The normalized spacial score (nSPS) is 15.0. The van der Waals surface area contributed by atoms with Crippen molar-refractivity contribution >= 4 is 43.5 Å². The van der Waals surface area contributed by atoms with Crippen LogP contribution in [0.2, 0.25) is 0 Å². The number of halogens is 1. The maximum absolute atomic E-state index is 12.5. The van der Waals surface area contributed by atoms with E-state index in [9.17, 15) is 18.0 Å². The van der Waals surface area contributed by atoms with E-state index in [0.29, 0.717) is 4.47 Å². The largest absolute Gasteiger partial charge is 0.492 e. The number of nitrogens with one attached hydrogen (secondary N) is 1. The predicted molar refractivity (Wildman–Crippen MR) is 90.1 cm³/mol. The number of amides is 2. The summed E-state index contributed by atoms with van der Waals surface area (Å²) in [6.45, 7) is 2.00. The van der Waals surface area contributed by atoms with E-state index in [1.807, 2.05) is 4.72 Å². The van der Waals surface area contributed by atoms with Gasteiger partial charge in [0.15, 0.2) is 0 Å². The molecule has 0 bridgehead atoms. The first kappa shape index (κ1) is 18.4. The second kappa shape index (κ2) is 7.31. The van der Waals surface area contributed by atoms with Crippen molar-refractivity contribution < 1.29 is 22.7 Å². The van der Waals surface area contributed by atoms with Crippen LogP contribution in [0.4, 0.5) is 0 Å². The van der Waals surface area contributed by atoms with Crippen molar-refractivity contribution in [3.8, 4) is 5.75 Å². The zero-order valence-electron chi connectivity index (χ0n) is 13.1. The number of carbonyl (C=O) groups is 2. The molecule has 1 aliphatic rings. The maximum atomic E-state index is 12.5. The van der Waals surface area contributed by atoms with Gasteiger partial charge in [-0.1, -0.05) is 15.9 Å². The highest BCUT2D eigenvalue weighted by Crippen LogP contribution is 2.27. The van der Waals surface area contributed by atoms with Gasteiger partial charge in [-0.05, 0) is 25.1 Å². The zero-order valence-corrected chi connectivity index (χ0v) is 15.5. The third-order valence-electron chi connectivity index (χ3n) is 3.19. The number of hydrazone groups is 1. The summed E-state index contributed by atoms with van der Waals surface area (Å²) >= 11 is 3.20. The van der Waals surface area contributed by atoms with Crippen LogP contribution in [-0.2, 0) is 19.6 Å². The minimum absolute atomic E-state index is 0.0198. The molecular weight excluding hydrogens is 402 g/mol. The molecule has 130 valence electrons. The molecular formula is C14H16BrN3O5S. The van der Waals surface area contributed by atoms with Crippen molar-refractivity contribution in [2.24, 2.45) is 5.10 Å². The van der Waals surface area contributed by atoms with Gasteiger partial charge in [-0.3, -0.25) is 9.59 Å². The minimum Gasteiger partial charge on any atom is -0.492 e. The molecule has 0 unspecified atom stereocenters. The highest BCUT2D eigenvalue weighted by Gasteiger charge is 2.28. The molecule has 0 radical (unpaired) electrons. The molecule has 8 nitrogen and oxygen atoms in total. The van der Waals surface area contributed by atoms with Crippen molar-refractivity contribution in [1.29, 1.82) is 0 Å². The first-order valence-electron chi connectivity index (χ1n) is 7.08. The van der Waals surface area contributed by atoms with Crippen molar-refractivity contribution in [2.75, 3.05) is 13.7 Å². The summed E-state index contributed by atoms with van der Waals surface area (Å²) in [5, 5.41) is 4.82. The van der Waals surface area contributed by atoms with Gasteiger partial charge in [0.05, 0.1) is 6.61 Å². The van der Waals surface area contributed by atoms with Gasteiger partial charge < -0.3 is 4.74 Å². The molecule has 0 spiro atoms. The average molecular weight is 418 g/mol. The van der Waals surface area contributed by atoms with Crippen LogP contribution in [-0.4, -0.2) is 44.6 Å². The Balaban J connectivity index is 2.29. The van der Waals surface area contributed by atoms with Crippen molar-refractivity contribution in [1.82, 2.24) is 9.73 Å². The van der Waals surface area contributed by atoms with Gasteiger partial charge in [-0.2, -0.15) is 5.10 Å². The molecule has 1 heterocycles. The Morgan fingerprint density at radius 2 is 2.12 bits per heavy atom. The summed E-state index contributed by atoms with van der Waals surface area (Å²) in [7, 11) is -2.75. The summed E-state index contributed by atoms with van der Waals surface area (Å²) in [6, 6.07) is 4.48. The Morgan fingerprint density at radius 1 is 1.42 bits per heavy atom. The van der Waals surface area contributed by atoms with Crippen LogP contribution in [0.25, 0.3) is 0 Å². The molecule has 1 aromatic rings. The number of carbonyl (C=O) groups excluding carboxylic acids is 2. The lowest BCUT2D eigenvalue weighted by molar-refractivity contribution is -0.130. The standard InChI is InChI=1S/C14H16BrN3O5S/c1-3-23-11-6-4-9(15)8-12(11)24(21,22)17-14(20)10-5-7-13(19)18(2)16-10/h4,6,8H,3,5,7H2,1-2H3,(H,17,20). The van der Waals surface area contributed by atoms with E-state index in [1.165, 1.54) is 19.2 Å². The molecule has 1 aromatic carbocycles. The van der Waals surface area contributed by atoms with E-state index in [4.69, 9.17) is 4.74 Å². The quantitative estimate of drug-likeness (QED) is 0.775. The van der Waals surface area contributed by atoms with Gasteiger partial charge >= 0.3 is 0 Å². The SMILES string of the molecule is CCOc1ccc(Br)cc1S(=O)(=O)NC(=O)C1=NN(C)C(=O)CC1. The van der Waals surface area contributed by atoms with Gasteiger partial charge in [0.2, 0.25) is 5.91 Å². The second-order valence-electron chi connectivity index (χ2n) is 4.92. The number of rotatable bonds is 5. The maximum Gasteiger partial charge on any atom is 0.281 e. The molecule has 0 aliphatic carbocycles. The van der Waals surface area contributed by atoms with Crippen LogP contribution in [0.1, 0.15) is 19.8 Å². The van der Waals surface area contributed by atoms with Gasteiger partial charge in [0.1, 0.15) is 16.4 Å². The summed E-state index contributed by atoms with van der Waals surface area (Å²) in [5.41, 5.74) is -0.0198. The smallest absolute Gasteiger partial charge is 0.281 e. The van der Waals surface area contributed by atoms with E-state index in [2.05, 4.69) is 21.0 Å². The Bertz CT molecular complexity index is 807. The van der Waals surface area contributed by atoms with Gasteiger partial charge in [0, 0.05) is 24.4 Å². The lowest BCUT2D eigenvalue weighted by Gasteiger charge is -2.19. The third kappa shape index (κ3) is 4.12. The highest BCUT2D eigenvalue weighted by atomic mass is 79.9. The molecule has 0 saturated heterocycles. The lowest BCUT2D eigenvalue weighted by Crippen LogP contribution is -2.40. The van der Waals surface area contributed by atoms with E-state index in [1.54, 1.807) is 13.0 Å². The van der Waals surface area contributed by atoms with Crippen molar-refractivity contribution in [3.63, 3.8) is 0 Å². The molecule has 0 saturated carbocycles. The van der Waals surface area contributed by atoms with E-state index < -0.39 is 15.9 Å². The summed E-state index contributed by atoms with van der Waals surface area (Å²) in [4.78, 5) is 23.4. The topological polar surface area (TPSA) is 105 Å².